The summed E-state index contributed by atoms with van der Waals surface area (Å²) in [6.45, 7) is 6.23. The van der Waals surface area contributed by atoms with E-state index in [0.717, 1.165) is 0 Å². The van der Waals surface area contributed by atoms with Crippen molar-refractivity contribution in [2.75, 3.05) is 13.2 Å². The zero-order valence-corrected chi connectivity index (χ0v) is 16.2. The standard InChI is InChI=1S/C20H19ClN2O5/c1-11(2)19(24)26-8-9-27-20(25)17-16(13-4-6-14(21)7-5-13)15(10-22)12(3)28-18(17)23/h4-7,16H,1,8-9,23H2,2-3H3/t16-/m0/s1. The molecule has 0 bridgehead atoms. The second-order valence-corrected chi connectivity index (χ2v) is 6.43. The first-order chi connectivity index (χ1) is 13.3. The molecule has 2 rings (SSSR count). The number of hydrogen-bond acceptors (Lipinski definition) is 7. The Labute approximate surface area is 167 Å². The van der Waals surface area contributed by atoms with Gasteiger partial charge in [-0.15, -0.1) is 0 Å². The summed E-state index contributed by atoms with van der Waals surface area (Å²) < 4.78 is 15.4. The van der Waals surface area contributed by atoms with Crippen LogP contribution in [0.5, 0.6) is 0 Å². The topological polar surface area (TPSA) is 112 Å². The molecule has 1 aromatic rings. The normalized spacial score (nSPS) is 16.1. The van der Waals surface area contributed by atoms with Crippen LogP contribution in [0, 0.1) is 11.3 Å². The number of carbonyl (C=O) groups excluding carboxylic acids is 2. The Kier molecular flexibility index (Phi) is 6.85. The molecular formula is C20H19ClN2O5. The van der Waals surface area contributed by atoms with Crippen molar-refractivity contribution >= 4 is 23.5 Å². The molecule has 7 nitrogen and oxygen atoms in total. The number of allylic oxidation sites excluding steroid dienone is 2. The molecular weight excluding hydrogens is 384 g/mol. The van der Waals surface area contributed by atoms with E-state index >= 15 is 0 Å². The van der Waals surface area contributed by atoms with Crippen LogP contribution in [0.3, 0.4) is 0 Å². The molecule has 1 aliphatic rings. The second-order valence-electron chi connectivity index (χ2n) is 6.00. The Balaban J connectivity index is 2.24. The van der Waals surface area contributed by atoms with Crippen LogP contribution in [0.2, 0.25) is 5.02 Å². The largest absolute Gasteiger partial charge is 0.459 e. The van der Waals surface area contributed by atoms with Crippen molar-refractivity contribution in [3.05, 3.63) is 69.8 Å². The van der Waals surface area contributed by atoms with Crippen LogP contribution in [0.4, 0.5) is 0 Å². The van der Waals surface area contributed by atoms with E-state index in [0.29, 0.717) is 16.3 Å². The van der Waals surface area contributed by atoms with Crippen LogP contribution in [0.15, 0.2) is 59.2 Å². The van der Waals surface area contributed by atoms with Crippen LogP contribution in [0.1, 0.15) is 25.3 Å². The molecule has 0 saturated carbocycles. The molecule has 0 spiro atoms. The number of nitrogens with two attached hydrogens (primary N) is 1. The van der Waals surface area contributed by atoms with Crippen molar-refractivity contribution in [1.82, 2.24) is 0 Å². The zero-order valence-electron chi connectivity index (χ0n) is 15.5. The van der Waals surface area contributed by atoms with Crippen molar-refractivity contribution in [3.8, 4) is 6.07 Å². The van der Waals surface area contributed by atoms with E-state index in [9.17, 15) is 14.9 Å². The van der Waals surface area contributed by atoms with Gasteiger partial charge in [-0.2, -0.15) is 5.26 Å². The summed E-state index contributed by atoms with van der Waals surface area (Å²) in [5.41, 5.74) is 7.03. The fourth-order valence-corrected chi connectivity index (χ4v) is 2.71. The molecule has 28 heavy (non-hydrogen) atoms. The van der Waals surface area contributed by atoms with Gasteiger partial charge in [0.1, 0.15) is 24.5 Å². The SMILES string of the molecule is C=C(C)C(=O)OCCOC(=O)C1=C(N)OC(C)=C(C#N)[C@@H]1c1ccc(Cl)cc1. The molecule has 1 heterocycles. The first kappa shape index (κ1) is 21.1. The molecule has 1 aliphatic heterocycles. The second kappa shape index (κ2) is 9.11. The highest BCUT2D eigenvalue weighted by atomic mass is 35.5. The minimum atomic E-state index is -0.774. The van der Waals surface area contributed by atoms with Crippen molar-refractivity contribution in [2.24, 2.45) is 5.73 Å². The molecule has 0 saturated heterocycles. The van der Waals surface area contributed by atoms with Crippen LogP contribution < -0.4 is 5.73 Å². The van der Waals surface area contributed by atoms with Crippen LogP contribution in [-0.4, -0.2) is 25.2 Å². The third-order valence-corrected chi connectivity index (χ3v) is 4.18. The molecule has 2 N–H and O–H groups in total. The lowest BCUT2D eigenvalue weighted by atomic mass is 9.83. The van der Waals surface area contributed by atoms with Gasteiger partial charge in [0.25, 0.3) is 0 Å². The van der Waals surface area contributed by atoms with Crippen molar-refractivity contribution in [3.63, 3.8) is 0 Å². The molecule has 8 heteroatoms. The predicted molar refractivity (Wildman–Crippen MR) is 102 cm³/mol. The molecule has 1 atom stereocenters. The number of carbonyl (C=O) groups is 2. The van der Waals surface area contributed by atoms with Gasteiger partial charge in [-0.1, -0.05) is 30.3 Å². The Bertz CT molecular complexity index is 910. The molecule has 1 aromatic carbocycles. The fraction of sp³-hybridized carbons (Fsp3) is 0.250. The minimum Gasteiger partial charge on any atom is -0.459 e. The first-order valence-electron chi connectivity index (χ1n) is 8.29. The quantitative estimate of drug-likeness (QED) is 0.442. The summed E-state index contributed by atoms with van der Waals surface area (Å²) in [6, 6.07) is 8.74. The van der Waals surface area contributed by atoms with E-state index in [4.69, 9.17) is 31.5 Å². The summed E-state index contributed by atoms with van der Waals surface area (Å²) in [6.07, 6.45) is 0. The maximum atomic E-state index is 12.6. The molecule has 0 aromatic heterocycles. The molecule has 0 amide bonds. The predicted octanol–water partition coefficient (Wildman–Crippen LogP) is 3.08. The zero-order chi connectivity index (χ0) is 20.8. The van der Waals surface area contributed by atoms with Crippen LogP contribution in [0.25, 0.3) is 0 Å². The van der Waals surface area contributed by atoms with Gasteiger partial charge in [-0.25, -0.2) is 9.59 Å². The highest BCUT2D eigenvalue weighted by molar-refractivity contribution is 6.30. The van der Waals surface area contributed by atoms with E-state index in [-0.39, 0.29) is 35.8 Å². The monoisotopic (exact) mass is 402 g/mol. The third kappa shape index (κ3) is 4.72. The van der Waals surface area contributed by atoms with Crippen molar-refractivity contribution < 1.29 is 23.8 Å². The molecule has 0 fully saturated rings. The van der Waals surface area contributed by atoms with Crippen LogP contribution in [-0.2, 0) is 23.8 Å². The Hall–Kier alpha value is -3.24. The Morgan fingerprint density at radius 1 is 1.29 bits per heavy atom. The summed E-state index contributed by atoms with van der Waals surface area (Å²) in [7, 11) is 0. The van der Waals surface area contributed by atoms with Crippen molar-refractivity contribution in [2.45, 2.75) is 19.8 Å². The summed E-state index contributed by atoms with van der Waals surface area (Å²) >= 11 is 5.93. The van der Waals surface area contributed by atoms with Crippen molar-refractivity contribution in [1.29, 1.82) is 5.26 Å². The number of nitrogens with zero attached hydrogens (tertiary/aromatic N) is 1. The smallest absolute Gasteiger partial charge is 0.340 e. The fourth-order valence-electron chi connectivity index (χ4n) is 2.58. The van der Waals surface area contributed by atoms with Crippen LogP contribution >= 0.6 is 11.6 Å². The summed E-state index contributed by atoms with van der Waals surface area (Å²) in [5.74, 6) is -1.97. The summed E-state index contributed by atoms with van der Waals surface area (Å²) in [4.78, 5) is 24.0. The average molecular weight is 403 g/mol. The molecule has 0 aliphatic carbocycles. The number of ether oxygens (including phenoxy) is 3. The summed E-state index contributed by atoms with van der Waals surface area (Å²) in [5, 5.41) is 10.1. The van der Waals surface area contributed by atoms with Gasteiger partial charge in [0.05, 0.1) is 17.6 Å². The highest BCUT2D eigenvalue weighted by Gasteiger charge is 2.36. The molecule has 0 radical (unpaired) electrons. The number of rotatable bonds is 6. The van der Waals surface area contributed by atoms with Gasteiger partial charge in [-0.05, 0) is 31.5 Å². The van der Waals surface area contributed by atoms with Gasteiger partial charge in [0.15, 0.2) is 0 Å². The van der Waals surface area contributed by atoms with Gasteiger partial charge in [-0.3, -0.25) is 0 Å². The molecule has 0 unspecified atom stereocenters. The average Bonchev–Trinajstić information content (AvgIpc) is 2.64. The van der Waals surface area contributed by atoms with E-state index in [2.05, 4.69) is 12.6 Å². The van der Waals surface area contributed by atoms with E-state index < -0.39 is 17.9 Å². The Morgan fingerprint density at radius 3 is 2.46 bits per heavy atom. The van der Waals surface area contributed by atoms with E-state index in [1.54, 1.807) is 31.2 Å². The van der Waals surface area contributed by atoms with Gasteiger partial charge in [0, 0.05) is 10.6 Å². The number of esters is 2. The third-order valence-electron chi connectivity index (χ3n) is 3.93. The number of hydrogen-bond donors (Lipinski definition) is 1. The lowest BCUT2D eigenvalue weighted by Crippen LogP contribution is -2.27. The number of benzene rings is 1. The Morgan fingerprint density at radius 2 is 1.89 bits per heavy atom. The minimum absolute atomic E-state index is 0.00398. The lowest BCUT2D eigenvalue weighted by molar-refractivity contribution is -0.147. The maximum absolute atomic E-state index is 12.6. The maximum Gasteiger partial charge on any atom is 0.340 e. The molecule has 146 valence electrons. The van der Waals surface area contributed by atoms with Gasteiger partial charge in [0.2, 0.25) is 5.88 Å². The van der Waals surface area contributed by atoms with Gasteiger partial charge < -0.3 is 19.9 Å². The lowest BCUT2D eigenvalue weighted by Gasteiger charge is -2.26. The van der Waals surface area contributed by atoms with E-state index in [1.807, 2.05) is 0 Å². The number of halogens is 1. The van der Waals surface area contributed by atoms with E-state index in [1.165, 1.54) is 6.92 Å². The number of nitriles is 1. The highest BCUT2D eigenvalue weighted by Crippen LogP contribution is 2.39. The first-order valence-corrected chi connectivity index (χ1v) is 8.67. The van der Waals surface area contributed by atoms with Gasteiger partial charge >= 0.3 is 11.9 Å².